The highest BCUT2D eigenvalue weighted by Crippen LogP contribution is 2.19. The Morgan fingerprint density at radius 3 is 2.33 bits per heavy atom. The monoisotopic (exact) mass is 242 g/mol. The quantitative estimate of drug-likeness (QED) is 0.743. The number of hydrogen-bond donors (Lipinski definition) is 0. The maximum atomic E-state index is 5.71. The van der Waals surface area contributed by atoms with Gasteiger partial charge in [-0.15, -0.1) is 0 Å². The molecule has 0 bridgehead atoms. The molecule has 0 N–H and O–H groups in total. The van der Waals surface area contributed by atoms with Gasteiger partial charge in [-0.2, -0.15) is 0 Å². The maximum Gasteiger partial charge on any atom is 0.122 e. The number of aryl methyl sites for hydroxylation is 2. The lowest BCUT2D eigenvalue weighted by molar-refractivity contribution is 0.216. The van der Waals surface area contributed by atoms with Crippen LogP contribution in [0.2, 0.25) is 0 Å². The van der Waals surface area contributed by atoms with E-state index >= 15 is 0 Å². The minimum absolute atomic E-state index is 0.553. The van der Waals surface area contributed by atoms with Gasteiger partial charge in [0, 0.05) is 0 Å². The normalized spacial score (nSPS) is 10.1. The average molecular weight is 242 g/mol. The van der Waals surface area contributed by atoms with E-state index in [4.69, 9.17) is 9.47 Å². The molecule has 0 spiro atoms. The van der Waals surface area contributed by atoms with Crippen LogP contribution in [0.3, 0.4) is 0 Å². The molecule has 2 heteroatoms. The van der Waals surface area contributed by atoms with E-state index in [9.17, 15) is 0 Å². The Hall–Kier alpha value is -1.96. The molecular formula is C16H18O2. The molecule has 0 atom stereocenters. The fourth-order valence-corrected chi connectivity index (χ4v) is 1.69. The minimum Gasteiger partial charge on any atom is -0.490 e. The van der Waals surface area contributed by atoms with Crippen LogP contribution in [0.4, 0.5) is 0 Å². The fraction of sp³-hybridized carbons (Fsp3) is 0.250. The van der Waals surface area contributed by atoms with Crippen LogP contribution in [0.15, 0.2) is 48.5 Å². The Bertz CT molecular complexity index is 492. The first kappa shape index (κ1) is 12.5. The molecule has 0 aliphatic rings. The van der Waals surface area contributed by atoms with E-state index in [1.54, 1.807) is 0 Å². The second-order valence-electron chi connectivity index (χ2n) is 4.28. The Labute approximate surface area is 108 Å². The number of ether oxygens (including phenoxy) is 2. The molecule has 0 aliphatic carbocycles. The van der Waals surface area contributed by atoms with Gasteiger partial charge < -0.3 is 9.47 Å². The Balaban J connectivity index is 1.80. The van der Waals surface area contributed by atoms with Gasteiger partial charge in [0.1, 0.15) is 24.7 Å². The third-order valence-corrected chi connectivity index (χ3v) is 2.70. The summed E-state index contributed by atoms with van der Waals surface area (Å²) in [4.78, 5) is 0. The van der Waals surface area contributed by atoms with Gasteiger partial charge in [-0.3, -0.25) is 0 Å². The molecule has 0 aromatic heterocycles. The van der Waals surface area contributed by atoms with Crippen LogP contribution in [0, 0.1) is 13.8 Å². The summed E-state index contributed by atoms with van der Waals surface area (Å²) in [6, 6.07) is 16.0. The first-order chi connectivity index (χ1) is 8.75. The molecule has 0 aliphatic heterocycles. The van der Waals surface area contributed by atoms with Crippen LogP contribution in [0.25, 0.3) is 0 Å². The predicted molar refractivity (Wildman–Crippen MR) is 73.3 cm³/mol. The number of benzene rings is 2. The molecule has 2 aromatic carbocycles. The van der Waals surface area contributed by atoms with Crippen LogP contribution >= 0.6 is 0 Å². The van der Waals surface area contributed by atoms with Gasteiger partial charge in [0.25, 0.3) is 0 Å². The van der Waals surface area contributed by atoms with Crippen molar-refractivity contribution in [3.05, 3.63) is 59.7 Å². The highest BCUT2D eigenvalue weighted by atomic mass is 16.5. The van der Waals surface area contributed by atoms with Crippen LogP contribution in [0.5, 0.6) is 11.5 Å². The molecule has 0 amide bonds. The molecule has 0 saturated carbocycles. The van der Waals surface area contributed by atoms with Gasteiger partial charge in [0.2, 0.25) is 0 Å². The minimum atomic E-state index is 0.553. The van der Waals surface area contributed by atoms with E-state index in [0.29, 0.717) is 13.2 Å². The second-order valence-corrected chi connectivity index (χ2v) is 4.28. The lowest BCUT2D eigenvalue weighted by Gasteiger charge is -2.10. The molecule has 0 saturated heterocycles. The summed E-state index contributed by atoms with van der Waals surface area (Å²) in [5.41, 5.74) is 2.36. The van der Waals surface area contributed by atoms with E-state index in [0.717, 1.165) is 17.1 Å². The summed E-state index contributed by atoms with van der Waals surface area (Å²) in [5, 5.41) is 0. The molecule has 0 fully saturated rings. The molecular weight excluding hydrogens is 224 g/mol. The zero-order chi connectivity index (χ0) is 12.8. The second kappa shape index (κ2) is 6.10. The molecule has 2 nitrogen and oxygen atoms in total. The lowest BCUT2D eigenvalue weighted by atomic mass is 10.1. The average Bonchev–Trinajstić information content (AvgIpc) is 2.40. The third kappa shape index (κ3) is 3.52. The molecule has 0 radical (unpaired) electrons. The van der Waals surface area contributed by atoms with Gasteiger partial charge in [-0.05, 0) is 43.2 Å². The number of para-hydroxylation sites is 1. The summed E-state index contributed by atoms with van der Waals surface area (Å²) < 4.78 is 11.3. The highest BCUT2D eigenvalue weighted by Gasteiger charge is 1.99. The van der Waals surface area contributed by atoms with Gasteiger partial charge in [0.05, 0.1) is 0 Å². The molecule has 0 heterocycles. The van der Waals surface area contributed by atoms with Crippen molar-refractivity contribution < 1.29 is 9.47 Å². The zero-order valence-electron chi connectivity index (χ0n) is 10.8. The molecule has 2 aromatic rings. The van der Waals surface area contributed by atoms with Gasteiger partial charge in [-0.1, -0.05) is 30.3 Å². The number of hydrogen-bond acceptors (Lipinski definition) is 2. The van der Waals surface area contributed by atoms with E-state index < -0.39 is 0 Å². The summed E-state index contributed by atoms with van der Waals surface area (Å²) in [5.74, 6) is 1.81. The smallest absolute Gasteiger partial charge is 0.122 e. The van der Waals surface area contributed by atoms with Gasteiger partial charge >= 0.3 is 0 Å². The van der Waals surface area contributed by atoms with Crippen molar-refractivity contribution in [3.63, 3.8) is 0 Å². The largest absolute Gasteiger partial charge is 0.490 e. The van der Waals surface area contributed by atoms with E-state index in [1.807, 2.05) is 37.3 Å². The number of rotatable bonds is 5. The summed E-state index contributed by atoms with van der Waals surface area (Å²) in [7, 11) is 0. The van der Waals surface area contributed by atoms with E-state index in [2.05, 4.69) is 25.1 Å². The first-order valence-corrected chi connectivity index (χ1v) is 6.13. The molecule has 0 unspecified atom stereocenters. The molecule has 2 rings (SSSR count). The van der Waals surface area contributed by atoms with Crippen molar-refractivity contribution in [3.8, 4) is 11.5 Å². The van der Waals surface area contributed by atoms with Crippen molar-refractivity contribution in [1.82, 2.24) is 0 Å². The third-order valence-electron chi connectivity index (χ3n) is 2.70. The van der Waals surface area contributed by atoms with Crippen LogP contribution in [0.1, 0.15) is 11.1 Å². The van der Waals surface area contributed by atoms with Crippen LogP contribution in [-0.4, -0.2) is 13.2 Å². The van der Waals surface area contributed by atoms with Gasteiger partial charge in [-0.25, -0.2) is 0 Å². The van der Waals surface area contributed by atoms with Crippen molar-refractivity contribution in [1.29, 1.82) is 0 Å². The highest BCUT2D eigenvalue weighted by molar-refractivity contribution is 5.35. The standard InChI is InChI=1S/C16H18O2/c1-13-8-9-14(2)16(12-13)18-11-10-17-15-6-4-3-5-7-15/h3-9,12H,10-11H2,1-2H3. The van der Waals surface area contributed by atoms with Crippen molar-refractivity contribution >= 4 is 0 Å². The Morgan fingerprint density at radius 2 is 1.56 bits per heavy atom. The predicted octanol–water partition coefficient (Wildman–Crippen LogP) is 3.76. The first-order valence-electron chi connectivity index (χ1n) is 6.13. The van der Waals surface area contributed by atoms with Crippen molar-refractivity contribution in [2.75, 3.05) is 13.2 Å². The van der Waals surface area contributed by atoms with E-state index in [1.165, 1.54) is 5.56 Å². The van der Waals surface area contributed by atoms with Gasteiger partial charge in [0.15, 0.2) is 0 Å². The maximum absolute atomic E-state index is 5.71. The summed E-state index contributed by atoms with van der Waals surface area (Å²) >= 11 is 0. The lowest BCUT2D eigenvalue weighted by Crippen LogP contribution is -2.09. The topological polar surface area (TPSA) is 18.5 Å². The molecule has 94 valence electrons. The van der Waals surface area contributed by atoms with Crippen LogP contribution < -0.4 is 9.47 Å². The summed E-state index contributed by atoms with van der Waals surface area (Å²) in [6.45, 7) is 5.22. The Morgan fingerprint density at radius 1 is 0.833 bits per heavy atom. The Kier molecular flexibility index (Phi) is 4.24. The SMILES string of the molecule is Cc1ccc(C)c(OCCOc2ccccc2)c1. The van der Waals surface area contributed by atoms with Crippen molar-refractivity contribution in [2.24, 2.45) is 0 Å². The zero-order valence-corrected chi connectivity index (χ0v) is 10.8. The van der Waals surface area contributed by atoms with E-state index in [-0.39, 0.29) is 0 Å². The fourth-order valence-electron chi connectivity index (χ4n) is 1.69. The van der Waals surface area contributed by atoms with Crippen LogP contribution in [-0.2, 0) is 0 Å². The van der Waals surface area contributed by atoms with Crippen molar-refractivity contribution in [2.45, 2.75) is 13.8 Å². The summed E-state index contributed by atoms with van der Waals surface area (Å²) in [6.07, 6.45) is 0. The molecule has 18 heavy (non-hydrogen) atoms.